The lowest BCUT2D eigenvalue weighted by Crippen LogP contribution is -2.61. The third-order valence-electron chi connectivity index (χ3n) is 24.7. The number of nitrogens with one attached hydrogen (secondary N) is 2. The van der Waals surface area contributed by atoms with Crippen molar-refractivity contribution in [2.24, 2.45) is 35.5 Å². The van der Waals surface area contributed by atoms with Crippen LogP contribution in [0.1, 0.15) is 189 Å². The molecule has 3 fully saturated rings. The van der Waals surface area contributed by atoms with Crippen molar-refractivity contribution in [1.29, 1.82) is 0 Å². The number of carbonyl (C=O) groups excluding carboxylic acids is 7. The van der Waals surface area contributed by atoms with Gasteiger partial charge in [0.05, 0.1) is 120 Å². The number of aliphatic hydroxyl groups excluding tert-OH is 1. The Kier molecular flexibility index (Phi) is 42.5. The number of cyclic esters (lactones) is 1. The maximum absolute atomic E-state index is 15.0. The number of aromatic nitrogens is 8. The highest BCUT2D eigenvalue weighted by Crippen LogP contribution is 2.41. The summed E-state index contributed by atoms with van der Waals surface area (Å²) in [5.74, 6) is -7.18. The molecule has 0 radical (unpaired) electrons. The Labute approximate surface area is 745 Å². The number of aliphatic hydroxyl groups is 2. The van der Waals surface area contributed by atoms with Gasteiger partial charge in [-0.25, -0.2) is 24.1 Å². The maximum Gasteiger partial charge on any atom is 0.329 e. The van der Waals surface area contributed by atoms with E-state index >= 15 is 0 Å². The van der Waals surface area contributed by atoms with Crippen LogP contribution in [0, 0.1) is 35.5 Å². The Hall–Kier alpha value is -8.62. The molecule has 9 rings (SSSR count). The number of carbonyl (C=O) groups is 7. The van der Waals surface area contributed by atoms with Crippen molar-refractivity contribution >= 4 is 68.9 Å². The van der Waals surface area contributed by atoms with Crippen LogP contribution in [0.5, 0.6) is 5.75 Å². The number of aryl methyl sites for hydroxylation is 1. The Bertz CT molecular complexity index is 4410. The predicted octanol–water partition coefficient (Wildman–Crippen LogP) is 10.3. The van der Waals surface area contributed by atoms with Gasteiger partial charge >= 0.3 is 11.9 Å². The number of aromatic amines is 1. The number of nitrogens with two attached hydrogens (primary N) is 1. The average Bonchev–Trinajstić information content (AvgIpc) is 1.72. The quantitative estimate of drug-likeness (QED) is 0.00915. The standard InChI is InChI=1S/C93H139N11O23/c1-60-21-14-12-15-22-61(2)77(115-8)55-72-29-26-66(7)93(114,127-72)88(111)91(112)102-35-19-17-24-76(102)92(113)126-79(56-78(116-9)62(3)50-65(6)86(110)87(118-11)85(109)64(5)49-60)63(4)51-67-27-31-75(80(52-67)117-10)104-57-69(99-101-104)58-125-82(108)25-20-37-119-41-45-123-47-43-121-39-33-81(107)95-34-40-122-44-48-124-46-42-120-38-32-70(105)23-16-13-18-36-103-90-83(89(94)96-59-97-90)84(100-103)74-54-68-53-71(106)28-30-73(68)98-74/h12,14-15,21-22,28,30,50,53-54,57,59-60,62-64,66-67,72,75-80,86-87,98,106,110,114H,13,16-20,23-27,29,31-49,51-52,55-56,58H2,1-11H3,(H,95,107)(H2,94,96,97)/b15-12+,21-14+,61-22+,65-50+/t60-,62-,63-,64-,66-,67+,72+,75+,76+,77+,78-,79+,80-,86-,87+,93-/m1/s1. The Balaban J connectivity index is 0.620. The van der Waals surface area contributed by atoms with Crippen LogP contribution in [0.4, 0.5) is 5.82 Å². The minimum Gasteiger partial charge on any atom is -0.508 e. The molecule has 1 saturated carbocycles. The van der Waals surface area contributed by atoms with Gasteiger partial charge in [-0.1, -0.05) is 82.7 Å². The maximum atomic E-state index is 15.0. The summed E-state index contributed by atoms with van der Waals surface area (Å²) in [6, 6.07) is 5.69. The summed E-state index contributed by atoms with van der Waals surface area (Å²) in [5, 5.41) is 51.9. The number of hydrogen-bond donors (Lipinski definition) is 6. The molecule has 3 aliphatic heterocycles. The van der Waals surface area contributed by atoms with Crippen molar-refractivity contribution < 1.29 is 110 Å². The van der Waals surface area contributed by atoms with E-state index in [-0.39, 0.29) is 104 Å². The number of anilines is 1. The lowest BCUT2D eigenvalue weighted by molar-refractivity contribution is -0.265. The molecule has 0 spiro atoms. The van der Waals surface area contributed by atoms with Crippen LogP contribution in [0.15, 0.2) is 84.4 Å². The summed E-state index contributed by atoms with van der Waals surface area (Å²) in [7, 11) is 6.23. The zero-order valence-electron chi connectivity index (χ0n) is 76.2. The van der Waals surface area contributed by atoms with E-state index < -0.39 is 83.9 Å². The number of aromatic hydroxyl groups is 1. The van der Waals surface area contributed by atoms with E-state index in [0.717, 1.165) is 47.9 Å². The number of unbranched alkanes of at least 4 members (excludes halogenated alkanes) is 2. The van der Waals surface area contributed by atoms with Crippen molar-refractivity contribution in [2.75, 3.05) is 127 Å². The molecule has 2 saturated heterocycles. The number of methoxy groups -OCH3 is 4. The van der Waals surface area contributed by atoms with Gasteiger partial charge in [0, 0.05) is 122 Å². The number of Topliss-reactive ketones (excluding diaryl/α,β-unsaturated/α-hetero) is 3. The number of esters is 2. The van der Waals surface area contributed by atoms with E-state index in [1.807, 2.05) is 81.8 Å². The van der Waals surface area contributed by atoms with E-state index in [0.29, 0.717) is 197 Å². The number of rotatable bonds is 42. The van der Waals surface area contributed by atoms with Gasteiger partial charge in [0.25, 0.3) is 11.7 Å². The number of amides is 2. The molecule has 2 amide bonds. The highest BCUT2D eigenvalue weighted by Gasteiger charge is 2.53. The fraction of sp³-hybridized carbons (Fsp3) is 0.677. The molecule has 16 atom stereocenters. The van der Waals surface area contributed by atoms with Crippen LogP contribution in [-0.4, -0.2) is 276 Å². The monoisotopic (exact) mass is 1780 g/mol. The number of fused-ring (bicyclic) bond motifs is 5. The Morgan fingerprint density at radius 2 is 1.45 bits per heavy atom. The third-order valence-corrected chi connectivity index (χ3v) is 24.7. The van der Waals surface area contributed by atoms with Gasteiger partial charge in [0.1, 0.15) is 66.0 Å². The van der Waals surface area contributed by atoms with E-state index in [1.54, 1.807) is 64.3 Å². The normalized spacial score (nSPS) is 27.0. The summed E-state index contributed by atoms with van der Waals surface area (Å²) in [6.07, 6.45) is 19.4. The number of nitrogens with zero attached hydrogens (tertiary/aromatic N) is 8. The van der Waals surface area contributed by atoms with Crippen LogP contribution < -0.4 is 11.1 Å². The zero-order valence-corrected chi connectivity index (χ0v) is 76.2. The number of hydrogen-bond acceptors (Lipinski definition) is 29. The average molecular weight is 1780 g/mol. The highest BCUT2D eigenvalue weighted by atomic mass is 16.6. The second kappa shape index (κ2) is 52.9. The van der Waals surface area contributed by atoms with Gasteiger partial charge in [-0.3, -0.25) is 28.8 Å². The third kappa shape index (κ3) is 31.0. The molecule has 704 valence electrons. The van der Waals surface area contributed by atoms with Gasteiger partial charge in [0.15, 0.2) is 11.4 Å². The number of ketones is 3. The first kappa shape index (κ1) is 102. The van der Waals surface area contributed by atoms with Crippen LogP contribution in [0.3, 0.4) is 0 Å². The molecule has 1 aliphatic carbocycles. The molecule has 2 bridgehead atoms. The van der Waals surface area contributed by atoms with Crippen molar-refractivity contribution in [3.05, 3.63) is 90.1 Å². The number of piperidine rings is 1. The number of ether oxygens (including phenoxy) is 13. The second-order valence-electron chi connectivity index (χ2n) is 34.3. The first-order valence-corrected chi connectivity index (χ1v) is 45.3. The zero-order chi connectivity index (χ0) is 91.4. The summed E-state index contributed by atoms with van der Waals surface area (Å²) in [4.78, 5) is 109. The summed E-state index contributed by atoms with van der Waals surface area (Å²) in [6.45, 7) is 18.0. The number of phenols is 1. The van der Waals surface area contributed by atoms with Gasteiger partial charge in [-0.05, 0) is 150 Å². The number of allylic oxidation sites excluding steroid dienone is 5. The minimum absolute atomic E-state index is 0.00776. The predicted molar refractivity (Wildman–Crippen MR) is 472 cm³/mol. The topological polar surface area (TPSA) is 432 Å². The second-order valence-corrected chi connectivity index (χ2v) is 34.3. The lowest BCUT2D eigenvalue weighted by Gasteiger charge is -2.43. The first-order valence-electron chi connectivity index (χ1n) is 45.3. The molecule has 7 N–H and O–H groups in total. The first-order chi connectivity index (χ1) is 61.2. The minimum atomic E-state index is -2.46. The molecule has 127 heavy (non-hydrogen) atoms. The van der Waals surface area contributed by atoms with Crippen molar-refractivity contribution in [3.8, 4) is 17.1 Å². The molecule has 1 aromatic carbocycles. The van der Waals surface area contributed by atoms with Crippen LogP contribution in [0.2, 0.25) is 0 Å². The Morgan fingerprint density at radius 1 is 0.732 bits per heavy atom. The van der Waals surface area contributed by atoms with Crippen LogP contribution in [-0.2, 0) is 108 Å². The van der Waals surface area contributed by atoms with Crippen molar-refractivity contribution in [3.63, 3.8) is 0 Å². The molecular formula is C93H139N11O23. The molecular weight excluding hydrogens is 1640 g/mol. The van der Waals surface area contributed by atoms with Gasteiger partial charge < -0.3 is 97.8 Å². The molecule has 5 aromatic rings. The molecule has 4 aromatic heterocycles. The summed E-state index contributed by atoms with van der Waals surface area (Å²) in [5.41, 5.74) is 11.0. The number of phenolic OH excluding ortho intramolecular Hbond substituents is 1. The molecule has 0 unspecified atom stereocenters. The number of nitrogen functional groups attached to an aromatic ring is 1. The summed E-state index contributed by atoms with van der Waals surface area (Å²) < 4.78 is 79.6. The smallest absolute Gasteiger partial charge is 0.329 e. The van der Waals surface area contributed by atoms with Crippen LogP contribution in [0.25, 0.3) is 33.3 Å². The SMILES string of the molecule is CO[C@H]1C[C@@H]2CC[C@@H](C)[C@@](O)(O2)C(=O)C(=O)N2CCCC[C@H]2C(=O)O[C@H]([C@H](C)C[C@@H]2CC[C@H](n3cc(COC(=O)CCCOCCOCCOCCC(=O)NCCOCCOCCOCCC(=O)CCCCCn4nc(-c5cc6cc(O)ccc6[nH]5)c5c(N)ncnc54)nn3)[C@H](OC)C2)C[C@@H](OC)[C@H](C)/C=C(\C)[C@@H](O)[C@@H](OC)C(=O)[C@H](C)C[C@H](C)/C=C/C=C/C=C/1C. The van der Waals surface area contributed by atoms with Gasteiger partial charge in [-0.2, -0.15) is 5.10 Å². The largest absolute Gasteiger partial charge is 0.508 e. The Morgan fingerprint density at radius 3 is 2.17 bits per heavy atom. The van der Waals surface area contributed by atoms with Crippen molar-refractivity contribution in [2.45, 2.75) is 251 Å². The number of benzene rings is 1. The van der Waals surface area contributed by atoms with Gasteiger partial charge in [-0.15, -0.1) is 5.10 Å². The lowest BCUT2D eigenvalue weighted by atomic mass is 9.77. The molecule has 34 nitrogen and oxygen atoms in total. The summed E-state index contributed by atoms with van der Waals surface area (Å²) >= 11 is 0. The fourth-order valence-corrected chi connectivity index (χ4v) is 17.2. The highest BCUT2D eigenvalue weighted by molar-refractivity contribution is 6.39. The van der Waals surface area contributed by atoms with Crippen molar-refractivity contribution in [1.82, 2.24) is 49.9 Å². The van der Waals surface area contributed by atoms with E-state index in [2.05, 4.69) is 30.6 Å². The van der Waals surface area contributed by atoms with E-state index in [1.165, 1.54) is 18.3 Å². The van der Waals surface area contributed by atoms with Crippen LogP contribution >= 0.6 is 0 Å². The molecule has 34 heteroatoms. The number of H-pyrrole nitrogens is 1. The molecule has 4 aliphatic rings. The molecule has 7 heterocycles. The fourth-order valence-electron chi connectivity index (χ4n) is 17.2. The van der Waals surface area contributed by atoms with E-state index in [4.69, 9.17) is 72.4 Å². The van der Waals surface area contributed by atoms with Gasteiger partial charge in [0.2, 0.25) is 11.7 Å². The van der Waals surface area contributed by atoms with E-state index in [9.17, 15) is 48.9 Å².